The number of anilines is 1. The summed E-state index contributed by atoms with van der Waals surface area (Å²) in [5.74, 6) is 1.16. The summed E-state index contributed by atoms with van der Waals surface area (Å²) in [5.41, 5.74) is 1.96. The van der Waals surface area contributed by atoms with Crippen molar-refractivity contribution in [2.24, 2.45) is 0 Å². The lowest BCUT2D eigenvalue weighted by atomic mass is 10.2. The van der Waals surface area contributed by atoms with Gasteiger partial charge in [0.25, 0.3) is 0 Å². The predicted octanol–water partition coefficient (Wildman–Crippen LogP) is 4.28. The van der Waals surface area contributed by atoms with Gasteiger partial charge in [-0.15, -0.1) is 5.10 Å². The highest BCUT2D eigenvalue weighted by Gasteiger charge is 2.09. The number of thioether (sulfide) groups is 1. The Labute approximate surface area is 136 Å². The zero-order chi connectivity index (χ0) is 14.7. The minimum absolute atomic E-state index is 0.731. The first-order valence-corrected chi connectivity index (χ1v) is 9.20. The van der Waals surface area contributed by atoms with E-state index in [1.54, 1.807) is 11.3 Å². The van der Waals surface area contributed by atoms with Crippen molar-refractivity contribution < 1.29 is 0 Å². The average molecular weight is 339 g/mol. The fourth-order valence-electron chi connectivity index (χ4n) is 1.94. The first-order valence-electron chi connectivity index (χ1n) is 6.61. The molecule has 2 aromatic heterocycles. The lowest BCUT2D eigenvalue weighted by Crippen LogP contribution is -2.02. The Morgan fingerprint density at radius 3 is 2.86 bits per heavy atom. The molecule has 0 aliphatic heterocycles. The molecular formula is C14H15ClN4S2. The third kappa shape index (κ3) is 3.51. The minimum Gasteiger partial charge on any atom is -0.360 e. The second-order valence-corrected chi connectivity index (χ2v) is 6.92. The molecular weight excluding hydrogens is 324 g/mol. The Kier molecular flexibility index (Phi) is 4.67. The summed E-state index contributed by atoms with van der Waals surface area (Å²) in [4.78, 5) is 5.51. The monoisotopic (exact) mass is 338 g/mol. The number of imidazole rings is 1. The fourth-order valence-corrected chi connectivity index (χ4v) is 3.31. The van der Waals surface area contributed by atoms with E-state index in [9.17, 15) is 0 Å². The maximum absolute atomic E-state index is 5.90. The molecule has 1 aromatic carbocycles. The van der Waals surface area contributed by atoms with Gasteiger partial charge in [0.1, 0.15) is 0 Å². The number of hydrogen-bond acceptors (Lipinski definition) is 5. The number of hydrogen-bond donors (Lipinski definition) is 1. The van der Waals surface area contributed by atoms with Crippen LogP contribution in [0.5, 0.6) is 0 Å². The summed E-state index contributed by atoms with van der Waals surface area (Å²) in [6, 6.07) is 7.68. The van der Waals surface area contributed by atoms with Crippen molar-refractivity contribution in [3.05, 3.63) is 35.5 Å². The van der Waals surface area contributed by atoms with E-state index in [4.69, 9.17) is 11.6 Å². The zero-order valence-electron chi connectivity index (χ0n) is 11.5. The van der Waals surface area contributed by atoms with Crippen molar-refractivity contribution >= 4 is 44.8 Å². The van der Waals surface area contributed by atoms with Crippen LogP contribution in [0.1, 0.15) is 6.42 Å². The highest BCUT2D eigenvalue weighted by molar-refractivity contribution is 7.98. The molecule has 3 aromatic rings. The van der Waals surface area contributed by atoms with Crippen LogP contribution in [0.4, 0.5) is 5.13 Å². The molecule has 2 heterocycles. The van der Waals surface area contributed by atoms with E-state index < -0.39 is 0 Å². The van der Waals surface area contributed by atoms with E-state index in [1.807, 2.05) is 46.7 Å². The molecule has 0 radical (unpaired) electrons. The average Bonchev–Trinajstić information content (AvgIpc) is 3.02. The molecule has 0 fully saturated rings. The summed E-state index contributed by atoms with van der Waals surface area (Å²) in [6.07, 6.45) is 5.21. The summed E-state index contributed by atoms with van der Waals surface area (Å²) in [5, 5.41) is 9.49. The predicted molar refractivity (Wildman–Crippen MR) is 92.8 cm³/mol. The van der Waals surface area contributed by atoms with Gasteiger partial charge in [-0.2, -0.15) is 11.8 Å². The van der Waals surface area contributed by atoms with Crippen LogP contribution in [0.15, 0.2) is 30.5 Å². The van der Waals surface area contributed by atoms with Crippen LogP contribution in [0.25, 0.3) is 16.2 Å². The van der Waals surface area contributed by atoms with E-state index in [1.165, 1.54) is 0 Å². The second-order valence-electron chi connectivity index (χ2n) is 4.54. The Balaban J connectivity index is 1.73. The van der Waals surface area contributed by atoms with Crippen molar-refractivity contribution in [1.29, 1.82) is 0 Å². The van der Waals surface area contributed by atoms with E-state index in [0.717, 1.165) is 45.1 Å². The number of rotatable bonds is 6. The quantitative estimate of drug-likeness (QED) is 0.681. The van der Waals surface area contributed by atoms with Gasteiger partial charge in [0.05, 0.1) is 11.9 Å². The lowest BCUT2D eigenvalue weighted by Gasteiger charge is -1.99. The largest absolute Gasteiger partial charge is 0.360 e. The maximum atomic E-state index is 5.90. The van der Waals surface area contributed by atoms with Gasteiger partial charge in [0, 0.05) is 17.1 Å². The van der Waals surface area contributed by atoms with Gasteiger partial charge in [-0.05, 0) is 30.6 Å². The Hall–Kier alpha value is -1.24. The molecule has 0 saturated heterocycles. The van der Waals surface area contributed by atoms with Gasteiger partial charge < -0.3 is 5.32 Å². The highest BCUT2D eigenvalue weighted by atomic mass is 35.5. The summed E-state index contributed by atoms with van der Waals surface area (Å²) in [6.45, 7) is 0.946. The van der Waals surface area contributed by atoms with Gasteiger partial charge in [0.15, 0.2) is 0 Å². The number of nitrogens with one attached hydrogen (secondary N) is 1. The third-order valence-electron chi connectivity index (χ3n) is 2.98. The molecule has 0 amide bonds. The van der Waals surface area contributed by atoms with Crippen LogP contribution in [-0.4, -0.2) is 33.2 Å². The van der Waals surface area contributed by atoms with E-state index in [0.29, 0.717) is 0 Å². The number of aromatic nitrogens is 3. The Bertz CT molecular complexity index is 689. The number of fused-ring (bicyclic) bond motifs is 1. The Morgan fingerprint density at radius 1 is 1.33 bits per heavy atom. The van der Waals surface area contributed by atoms with E-state index >= 15 is 0 Å². The zero-order valence-corrected chi connectivity index (χ0v) is 13.9. The Morgan fingerprint density at radius 2 is 2.14 bits per heavy atom. The van der Waals surface area contributed by atoms with Crippen LogP contribution in [-0.2, 0) is 0 Å². The molecule has 0 aliphatic carbocycles. The van der Waals surface area contributed by atoms with Gasteiger partial charge in [0.2, 0.25) is 10.1 Å². The number of nitrogens with zero attached hydrogens (tertiary/aromatic N) is 3. The first-order chi connectivity index (χ1) is 10.3. The highest BCUT2D eigenvalue weighted by Crippen LogP contribution is 2.25. The standard InChI is InChI=1S/C14H15ClN4S2/c1-20-8-2-7-16-13-18-19-9-12(17-14(19)21-13)10-3-5-11(15)6-4-10/h3-6,9H,2,7-8H2,1H3,(H,16,18). The lowest BCUT2D eigenvalue weighted by molar-refractivity contribution is 0.939. The second kappa shape index (κ2) is 6.68. The van der Waals surface area contributed by atoms with Gasteiger partial charge >= 0.3 is 0 Å². The van der Waals surface area contributed by atoms with Crippen LogP contribution in [0, 0.1) is 0 Å². The number of halogens is 1. The molecule has 110 valence electrons. The third-order valence-corrected chi connectivity index (χ3v) is 4.81. The smallest absolute Gasteiger partial charge is 0.214 e. The summed E-state index contributed by atoms with van der Waals surface area (Å²) < 4.78 is 1.82. The first kappa shape index (κ1) is 14.7. The van der Waals surface area contributed by atoms with Gasteiger partial charge in [-0.3, -0.25) is 0 Å². The summed E-state index contributed by atoms with van der Waals surface area (Å²) >= 11 is 9.33. The van der Waals surface area contributed by atoms with Gasteiger partial charge in [-0.25, -0.2) is 9.50 Å². The maximum Gasteiger partial charge on any atom is 0.214 e. The van der Waals surface area contributed by atoms with Crippen molar-refractivity contribution in [1.82, 2.24) is 14.6 Å². The van der Waals surface area contributed by atoms with E-state index in [-0.39, 0.29) is 0 Å². The van der Waals surface area contributed by atoms with Crippen LogP contribution in [0.2, 0.25) is 5.02 Å². The fraction of sp³-hybridized carbons (Fsp3) is 0.286. The van der Waals surface area contributed by atoms with Crippen molar-refractivity contribution in [3.63, 3.8) is 0 Å². The molecule has 3 rings (SSSR count). The van der Waals surface area contributed by atoms with Crippen LogP contribution >= 0.6 is 34.7 Å². The van der Waals surface area contributed by atoms with Crippen molar-refractivity contribution in [2.45, 2.75) is 6.42 Å². The SMILES string of the molecule is CSCCCNc1nn2cc(-c3ccc(Cl)cc3)nc2s1. The summed E-state index contributed by atoms with van der Waals surface area (Å²) in [7, 11) is 0. The van der Waals surface area contributed by atoms with Crippen LogP contribution in [0.3, 0.4) is 0 Å². The minimum atomic E-state index is 0.731. The molecule has 1 N–H and O–H groups in total. The van der Waals surface area contributed by atoms with E-state index in [2.05, 4.69) is 21.7 Å². The molecule has 7 heteroatoms. The van der Waals surface area contributed by atoms with Crippen LogP contribution < -0.4 is 5.32 Å². The van der Waals surface area contributed by atoms with Crippen molar-refractivity contribution in [2.75, 3.05) is 23.9 Å². The van der Waals surface area contributed by atoms with Crippen molar-refractivity contribution in [3.8, 4) is 11.3 Å². The molecule has 0 unspecified atom stereocenters. The molecule has 0 spiro atoms. The molecule has 0 atom stereocenters. The molecule has 0 aliphatic rings. The molecule has 0 saturated carbocycles. The van der Waals surface area contributed by atoms with Gasteiger partial charge in [-0.1, -0.05) is 35.1 Å². The topological polar surface area (TPSA) is 42.2 Å². The molecule has 0 bridgehead atoms. The normalized spacial score (nSPS) is 11.1. The molecule has 21 heavy (non-hydrogen) atoms. The molecule has 4 nitrogen and oxygen atoms in total. The number of benzene rings is 1.